The maximum absolute atomic E-state index is 16.9. The first kappa shape index (κ1) is 27.7. The van der Waals surface area contributed by atoms with Gasteiger partial charge in [-0.3, -0.25) is 4.90 Å². The number of benzene rings is 3. The first-order valence-electron chi connectivity index (χ1n) is 16.6. The lowest BCUT2D eigenvalue weighted by Crippen LogP contribution is -2.51. The molecule has 0 radical (unpaired) electrons. The fourth-order valence-corrected chi connectivity index (χ4v) is 8.86. The summed E-state index contributed by atoms with van der Waals surface area (Å²) in [5, 5.41) is 16.8. The molecule has 5 aliphatic rings. The van der Waals surface area contributed by atoms with E-state index in [0.717, 1.165) is 62.5 Å². The average molecular weight is 612 g/mol. The molecule has 3 aromatic carbocycles. The molecule has 1 aliphatic carbocycles. The van der Waals surface area contributed by atoms with Crippen LogP contribution in [0.25, 0.3) is 32.8 Å². The largest absolute Gasteiger partial charge is 0.508 e. The number of phenols is 1. The van der Waals surface area contributed by atoms with E-state index in [4.69, 9.17) is 14.7 Å². The average Bonchev–Trinajstić information content (AvgIpc) is 3.30. The predicted molar refractivity (Wildman–Crippen MR) is 171 cm³/mol. The maximum atomic E-state index is 16.9. The molecule has 6 atom stereocenters. The topological polar surface area (TPSA) is 73.8 Å². The van der Waals surface area contributed by atoms with Crippen molar-refractivity contribution in [1.29, 1.82) is 0 Å². The van der Waals surface area contributed by atoms with E-state index in [1.165, 1.54) is 5.56 Å². The smallest absolute Gasteiger partial charge is 0.319 e. The van der Waals surface area contributed by atoms with E-state index >= 15 is 4.39 Å². The number of nitrogens with one attached hydrogen (secondary N) is 1. The molecule has 0 spiro atoms. The van der Waals surface area contributed by atoms with Gasteiger partial charge in [0.05, 0.1) is 5.54 Å². The second-order valence-electron chi connectivity index (χ2n) is 14.4. The second kappa shape index (κ2) is 10.2. The molecule has 2 N–H and O–H groups in total. The van der Waals surface area contributed by atoms with Gasteiger partial charge in [-0.15, -0.1) is 0 Å². The SMILES string of the molecule is C[C@@H]1CC1c1ccc2cc(O)cc(-c3ccc4c(N5CC6CCC(C5)N6)nc(OC[C@@]56CCCN5C[C@H](F)C6)nc4c3F)c2c1. The van der Waals surface area contributed by atoms with Gasteiger partial charge in [-0.05, 0) is 90.6 Å². The Kier molecular flexibility index (Phi) is 6.30. The first-order chi connectivity index (χ1) is 21.8. The van der Waals surface area contributed by atoms with Crippen LogP contribution in [0.4, 0.5) is 14.6 Å². The Labute approximate surface area is 261 Å². The van der Waals surface area contributed by atoms with Crippen molar-refractivity contribution in [3.05, 3.63) is 53.8 Å². The molecule has 3 unspecified atom stereocenters. The second-order valence-corrected chi connectivity index (χ2v) is 14.4. The number of ether oxygens (including phenoxy) is 1. The molecule has 4 saturated heterocycles. The van der Waals surface area contributed by atoms with Gasteiger partial charge >= 0.3 is 6.01 Å². The van der Waals surface area contributed by atoms with Gasteiger partial charge in [-0.25, -0.2) is 8.78 Å². The normalized spacial score (nSPS) is 30.8. The Morgan fingerprint density at radius 2 is 1.84 bits per heavy atom. The highest BCUT2D eigenvalue weighted by atomic mass is 19.1. The van der Waals surface area contributed by atoms with E-state index in [2.05, 4.69) is 34.2 Å². The van der Waals surface area contributed by atoms with E-state index in [0.29, 0.717) is 59.2 Å². The Morgan fingerprint density at radius 1 is 1.02 bits per heavy atom. The lowest BCUT2D eigenvalue weighted by Gasteiger charge is -2.34. The standard InChI is InChI=1S/C36H39F2N5O2/c1-20-11-29(20)22-4-3-21-12-26(44)14-31(30(21)13-22)27-7-8-28-33(32(27)38)40-35(41-34(28)42-17-24-5-6-25(18-42)39-24)45-19-36-9-2-10-43(36)16-23(37)15-36/h3-4,7-8,12-14,20,23-25,29,39,44H,2,5-6,9-11,15-19H2,1H3/t20-,23-,24?,25?,29?,36+/m1/s1. The number of alkyl halides is 1. The van der Waals surface area contributed by atoms with Gasteiger partial charge in [0, 0.05) is 49.1 Å². The molecular formula is C36H39F2N5O2. The Balaban J connectivity index is 1.16. The highest BCUT2D eigenvalue weighted by Crippen LogP contribution is 2.48. The zero-order valence-corrected chi connectivity index (χ0v) is 25.6. The number of rotatable bonds is 6. The number of phenolic OH excluding ortho intramolecular Hbond substituents is 1. The number of aromatic hydroxyl groups is 1. The van der Waals surface area contributed by atoms with Gasteiger partial charge in [-0.2, -0.15) is 9.97 Å². The number of halogens is 2. The van der Waals surface area contributed by atoms with E-state index in [1.54, 1.807) is 18.2 Å². The third-order valence-corrected chi connectivity index (χ3v) is 11.3. The molecule has 7 nitrogen and oxygen atoms in total. The summed E-state index contributed by atoms with van der Waals surface area (Å²) in [6, 6.07) is 14.3. The molecule has 9 rings (SSSR count). The molecule has 5 fully saturated rings. The van der Waals surface area contributed by atoms with Crippen LogP contribution in [0.1, 0.15) is 56.9 Å². The van der Waals surface area contributed by atoms with Crippen LogP contribution in [0.5, 0.6) is 11.8 Å². The minimum absolute atomic E-state index is 0.0938. The number of piperazine rings is 1. The van der Waals surface area contributed by atoms with Crippen LogP contribution in [0.2, 0.25) is 0 Å². The zero-order chi connectivity index (χ0) is 30.4. The van der Waals surface area contributed by atoms with Crippen LogP contribution in [0, 0.1) is 11.7 Å². The Hall–Kier alpha value is -3.56. The summed E-state index contributed by atoms with van der Waals surface area (Å²) in [5.74, 6) is 1.48. The van der Waals surface area contributed by atoms with Gasteiger partial charge < -0.3 is 20.1 Å². The summed E-state index contributed by atoms with van der Waals surface area (Å²) in [5.41, 5.74) is 2.13. The molecule has 2 bridgehead atoms. The quantitative estimate of drug-likeness (QED) is 0.265. The van der Waals surface area contributed by atoms with Crippen molar-refractivity contribution in [2.75, 3.05) is 37.7 Å². The zero-order valence-electron chi connectivity index (χ0n) is 25.6. The maximum Gasteiger partial charge on any atom is 0.319 e. The first-order valence-corrected chi connectivity index (χ1v) is 16.6. The number of hydrogen-bond donors (Lipinski definition) is 2. The molecule has 45 heavy (non-hydrogen) atoms. The van der Waals surface area contributed by atoms with Gasteiger partial charge in [-0.1, -0.05) is 31.2 Å². The van der Waals surface area contributed by atoms with Crippen molar-refractivity contribution >= 4 is 27.5 Å². The number of hydrogen-bond acceptors (Lipinski definition) is 7. The van der Waals surface area contributed by atoms with Crippen molar-refractivity contribution in [3.63, 3.8) is 0 Å². The molecule has 0 amide bonds. The number of fused-ring (bicyclic) bond motifs is 5. The minimum Gasteiger partial charge on any atom is -0.508 e. The molecular weight excluding hydrogens is 572 g/mol. The van der Waals surface area contributed by atoms with E-state index in [-0.39, 0.29) is 29.4 Å². The van der Waals surface area contributed by atoms with E-state index in [9.17, 15) is 9.50 Å². The third kappa shape index (κ3) is 4.64. The summed E-state index contributed by atoms with van der Waals surface area (Å²) in [4.78, 5) is 14.1. The molecule has 234 valence electrons. The Morgan fingerprint density at radius 3 is 2.64 bits per heavy atom. The van der Waals surface area contributed by atoms with Crippen molar-refractivity contribution in [3.8, 4) is 22.9 Å². The fourth-order valence-electron chi connectivity index (χ4n) is 8.86. The highest BCUT2D eigenvalue weighted by Gasteiger charge is 2.49. The molecule has 1 saturated carbocycles. The van der Waals surface area contributed by atoms with Gasteiger partial charge in [0.1, 0.15) is 29.9 Å². The monoisotopic (exact) mass is 611 g/mol. The van der Waals surface area contributed by atoms with Gasteiger partial charge in [0.25, 0.3) is 0 Å². The van der Waals surface area contributed by atoms with E-state index < -0.39 is 12.0 Å². The lowest BCUT2D eigenvalue weighted by atomic mass is 9.94. The number of anilines is 1. The van der Waals surface area contributed by atoms with Crippen molar-refractivity contribution in [1.82, 2.24) is 20.2 Å². The van der Waals surface area contributed by atoms with Gasteiger partial charge in [0.2, 0.25) is 0 Å². The summed E-state index contributed by atoms with van der Waals surface area (Å²) < 4.78 is 37.7. The summed E-state index contributed by atoms with van der Waals surface area (Å²) in [6.07, 6.45) is 4.85. The summed E-state index contributed by atoms with van der Waals surface area (Å²) in [7, 11) is 0. The van der Waals surface area contributed by atoms with Crippen LogP contribution >= 0.6 is 0 Å². The van der Waals surface area contributed by atoms with E-state index in [1.807, 2.05) is 12.1 Å². The third-order valence-electron chi connectivity index (χ3n) is 11.3. The van der Waals surface area contributed by atoms with Crippen LogP contribution in [-0.4, -0.2) is 76.6 Å². The Bertz CT molecular complexity index is 1820. The van der Waals surface area contributed by atoms with Crippen molar-refractivity contribution in [2.45, 2.75) is 75.2 Å². The predicted octanol–water partition coefficient (Wildman–Crippen LogP) is 6.31. The molecule has 4 aliphatic heterocycles. The molecule has 1 aromatic heterocycles. The number of aromatic nitrogens is 2. The van der Waals surface area contributed by atoms with Gasteiger partial charge in [0.15, 0.2) is 5.82 Å². The van der Waals surface area contributed by atoms with Crippen LogP contribution in [0.15, 0.2) is 42.5 Å². The summed E-state index contributed by atoms with van der Waals surface area (Å²) >= 11 is 0. The van der Waals surface area contributed by atoms with Crippen molar-refractivity contribution < 1.29 is 18.6 Å². The highest BCUT2D eigenvalue weighted by molar-refractivity contribution is 6.01. The molecule has 9 heteroatoms. The lowest BCUT2D eigenvalue weighted by molar-refractivity contribution is 0.107. The molecule has 4 aromatic rings. The van der Waals surface area contributed by atoms with Crippen LogP contribution in [-0.2, 0) is 0 Å². The molecule has 5 heterocycles. The minimum atomic E-state index is -0.862. The van der Waals surface area contributed by atoms with Crippen molar-refractivity contribution in [2.24, 2.45) is 5.92 Å². The van der Waals surface area contributed by atoms with Crippen LogP contribution < -0.4 is 15.0 Å². The fraction of sp³-hybridized carbons (Fsp3) is 0.500. The number of nitrogens with zero attached hydrogens (tertiary/aromatic N) is 4. The van der Waals surface area contributed by atoms with Crippen LogP contribution in [0.3, 0.4) is 0 Å². The summed E-state index contributed by atoms with van der Waals surface area (Å²) in [6.45, 7) is 5.41.